The minimum absolute atomic E-state index is 0.0264. The van der Waals surface area contributed by atoms with Gasteiger partial charge in [0.15, 0.2) is 0 Å². The van der Waals surface area contributed by atoms with Crippen molar-refractivity contribution in [2.45, 2.75) is 57.9 Å². The number of carbonyl (C=O) groups excluding carboxylic acids is 2. The molecular weight excluding hydrogens is 412 g/mol. The van der Waals surface area contributed by atoms with Crippen molar-refractivity contribution in [3.05, 3.63) is 54.5 Å². The van der Waals surface area contributed by atoms with Crippen LogP contribution in [0.25, 0.3) is 22.0 Å². The molecule has 1 amide bonds. The number of imidazole rings is 1. The van der Waals surface area contributed by atoms with Gasteiger partial charge in [-0.3, -0.25) is 9.59 Å². The van der Waals surface area contributed by atoms with E-state index in [1.54, 1.807) is 0 Å². The molecule has 0 fully saturated rings. The molecule has 0 radical (unpaired) electrons. The average Bonchev–Trinajstić information content (AvgIpc) is 3.31. The van der Waals surface area contributed by atoms with Gasteiger partial charge in [0.05, 0.1) is 17.9 Å². The Kier molecular flexibility index (Phi) is 9.19. The van der Waals surface area contributed by atoms with Crippen LogP contribution < -0.4 is 5.32 Å². The number of benzene rings is 2. The van der Waals surface area contributed by atoms with Crippen LogP contribution in [-0.4, -0.2) is 47.2 Å². The van der Waals surface area contributed by atoms with Crippen molar-refractivity contribution < 1.29 is 9.59 Å². The highest BCUT2D eigenvalue weighted by Crippen LogP contribution is 2.26. The van der Waals surface area contributed by atoms with E-state index in [2.05, 4.69) is 45.6 Å². The molecule has 1 atom stereocenters. The van der Waals surface area contributed by atoms with Crippen LogP contribution in [-0.2, 0) is 9.59 Å². The number of nitrogens with one attached hydrogen (secondary N) is 2. The summed E-state index contributed by atoms with van der Waals surface area (Å²) in [6.07, 6.45) is 7.13. The number of fused-ring (bicyclic) bond motifs is 1. The van der Waals surface area contributed by atoms with Crippen molar-refractivity contribution >= 4 is 22.5 Å². The maximum absolute atomic E-state index is 12.5. The zero-order chi connectivity index (χ0) is 23.6. The van der Waals surface area contributed by atoms with Crippen LogP contribution in [0.15, 0.2) is 48.7 Å². The van der Waals surface area contributed by atoms with E-state index in [1.807, 2.05) is 44.2 Å². The van der Waals surface area contributed by atoms with Gasteiger partial charge in [-0.05, 0) is 43.8 Å². The van der Waals surface area contributed by atoms with E-state index in [-0.39, 0.29) is 11.9 Å². The van der Waals surface area contributed by atoms with E-state index in [9.17, 15) is 9.59 Å². The summed E-state index contributed by atoms with van der Waals surface area (Å²) < 4.78 is 0. The van der Waals surface area contributed by atoms with E-state index < -0.39 is 0 Å². The largest absolute Gasteiger partial charge is 0.346 e. The van der Waals surface area contributed by atoms with E-state index in [0.29, 0.717) is 31.6 Å². The fourth-order valence-corrected chi connectivity index (χ4v) is 3.91. The van der Waals surface area contributed by atoms with Crippen LogP contribution in [0.2, 0.25) is 0 Å². The zero-order valence-electron chi connectivity index (χ0n) is 20.1. The van der Waals surface area contributed by atoms with Gasteiger partial charge < -0.3 is 15.2 Å². The highest BCUT2D eigenvalue weighted by Gasteiger charge is 2.18. The van der Waals surface area contributed by atoms with Crippen LogP contribution in [0, 0.1) is 0 Å². The highest BCUT2D eigenvalue weighted by molar-refractivity contribution is 5.86. The number of unbranched alkanes of at least 4 members (excludes halogenated alkanes) is 2. The molecule has 2 N–H and O–H groups in total. The monoisotopic (exact) mass is 448 g/mol. The SMILES string of the molecule is CCC(=O)CCCCC[C@H](NC(=O)CCN(C)C)c1ncc(-c2ccc3ccccc3c2)[nH]1. The molecule has 2 aromatic carbocycles. The number of Topliss-reactive ketones (excluding diaryl/α,β-unsaturated/α-hetero) is 1. The minimum Gasteiger partial charge on any atom is -0.346 e. The van der Waals surface area contributed by atoms with Crippen LogP contribution in [0.5, 0.6) is 0 Å². The van der Waals surface area contributed by atoms with Crippen LogP contribution in [0.1, 0.15) is 63.7 Å². The van der Waals surface area contributed by atoms with Gasteiger partial charge in [0.1, 0.15) is 11.6 Å². The standard InChI is InChI=1S/C27H36N4O2/c1-4-23(32)12-6-5-7-13-24(29-26(33)16-17-31(2)3)27-28-19-25(30-27)22-15-14-20-10-8-9-11-21(20)18-22/h8-11,14-15,18-19,24H,4-7,12-13,16-17H2,1-3H3,(H,28,30)(H,29,33)/t24-/m0/s1. The summed E-state index contributed by atoms with van der Waals surface area (Å²) in [5.74, 6) is 1.12. The lowest BCUT2D eigenvalue weighted by atomic mass is 10.0. The Bertz CT molecular complexity index is 1060. The minimum atomic E-state index is -0.171. The zero-order valence-corrected chi connectivity index (χ0v) is 20.1. The molecule has 1 aromatic heterocycles. The second-order valence-electron chi connectivity index (χ2n) is 8.91. The molecule has 6 nitrogen and oxygen atoms in total. The van der Waals surface area contributed by atoms with E-state index in [0.717, 1.165) is 42.8 Å². The Hall–Kier alpha value is -2.99. The van der Waals surface area contributed by atoms with E-state index in [1.165, 1.54) is 10.8 Å². The van der Waals surface area contributed by atoms with Crippen molar-refractivity contribution in [3.63, 3.8) is 0 Å². The van der Waals surface area contributed by atoms with Crippen LogP contribution in [0.4, 0.5) is 0 Å². The molecule has 0 aliphatic rings. The summed E-state index contributed by atoms with van der Waals surface area (Å²) in [5.41, 5.74) is 2.01. The van der Waals surface area contributed by atoms with E-state index >= 15 is 0 Å². The average molecular weight is 449 g/mol. The molecule has 0 saturated carbocycles. The Labute approximate surface area is 196 Å². The Morgan fingerprint density at radius 3 is 2.58 bits per heavy atom. The van der Waals surface area contributed by atoms with Gasteiger partial charge in [-0.15, -0.1) is 0 Å². The number of aromatic amines is 1. The van der Waals surface area contributed by atoms with Gasteiger partial charge in [0, 0.05) is 31.4 Å². The third-order valence-corrected chi connectivity index (χ3v) is 5.95. The van der Waals surface area contributed by atoms with Crippen molar-refractivity contribution in [3.8, 4) is 11.3 Å². The fraction of sp³-hybridized carbons (Fsp3) is 0.444. The first-order valence-corrected chi connectivity index (χ1v) is 12.0. The maximum Gasteiger partial charge on any atom is 0.221 e. The van der Waals surface area contributed by atoms with Crippen molar-refractivity contribution in [1.29, 1.82) is 0 Å². The summed E-state index contributed by atoms with van der Waals surface area (Å²) in [7, 11) is 3.93. The molecule has 33 heavy (non-hydrogen) atoms. The normalized spacial score (nSPS) is 12.2. The number of amides is 1. The van der Waals surface area contributed by atoms with E-state index in [4.69, 9.17) is 0 Å². The van der Waals surface area contributed by atoms with Gasteiger partial charge in [-0.1, -0.05) is 56.2 Å². The Morgan fingerprint density at radius 1 is 1.03 bits per heavy atom. The van der Waals surface area contributed by atoms with Crippen molar-refractivity contribution in [2.75, 3.05) is 20.6 Å². The number of nitrogens with zero attached hydrogens (tertiary/aromatic N) is 2. The predicted octanol–water partition coefficient (Wildman–Crippen LogP) is 5.27. The summed E-state index contributed by atoms with van der Waals surface area (Å²) in [5, 5.41) is 5.55. The molecule has 0 aliphatic heterocycles. The number of H-pyrrole nitrogens is 1. The first-order valence-electron chi connectivity index (χ1n) is 12.0. The molecule has 1 heterocycles. The molecule has 3 rings (SSSR count). The molecule has 3 aromatic rings. The topological polar surface area (TPSA) is 78.1 Å². The second kappa shape index (κ2) is 12.3. The van der Waals surface area contributed by atoms with Gasteiger partial charge >= 0.3 is 0 Å². The summed E-state index contributed by atoms with van der Waals surface area (Å²) in [6, 6.07) is 14.5. The van der Waals surface area contributed by atoms with Gasteiger partial charge in [0.25, 0.3) is 0 Å². The van der Waals surface area contributed by atoms with Crippen molar-refractivity contribution in [2.24, 2.45) is 0 Å². The first-order chi connectivity index (χ1) is 16.0. The molecule has 0 spiro atoms. The highest BCUT2D eigenvalue weighted by atomic mass is 16.1. The molecule has 6 heteroatoms. The third kappa shape index (κ3) is 7.53. The lowest BCUT2D eigenvalue weighted by Crippen LogP contribution is -2.31. The molecule has 0 bridgehead atoms. The molecule has 0 unspecified atom stereocenters. The number of hydrogen-bond donors (Lipinski definition) is 2. The smallest absolute Gasteiger partial charge is 0.221 e. The summed E-state index contributed by atoms with van der Waals surface area (Å²) >= 11 is 0. The molecule has 0 saturated heterocycles. The van der Waals surface area contributed by atoms with Crippen LogP contribution >= 0.6 is 0 Å². The number of ketones is 1. The van der Waals surface area contributed by atoms with Crippen molar-refractivity contribution in [1.82, 2.24) is 20.2 Å². The maximum atomic E-state index is 12.5. The van der Waals surface area contributed by atoms with Gasteiger partial charge in [-0.2, -0.15) is 0 Å². The number of rotatable bonds is 13. The fourth-order valence-electron chi connectivity index (χ4n) is 3.91. The lowest BCUT2D eigenvalue weighted by Gasteiger charge is -2.18. The Morgan fingerprint density at radius 2 is 1.82 bits per heavy atom. The van der Waals surface area contributed by atoms with Gasteiger partial charge in [-0.25, -0.2) is 4.98 Å². The number of aromatic nitrogens is 2. The quantitative estimate of drug-likeness (QED) is 0.349. The third-order valence-electron chi connectivity index (χ3n) is 5.95. The molecular formula is C27H36N4O2. The second-order valence-corrected chi connectivity index (χ2v) is 8.91. The Balaban J connectivity index is 1.69. The summed E-state index contributed by atoms with van der Waals surface area (Å²) in [6.45, 7) is 2.61. The molecule has 0 aliphatic carbocycles. The first kappa shape index (κ1) is 24.6. The number of hydrogen-bond acceptors (Lipinski definition) is 4. The lowest BCUT2D eigenvalue weighted by molar-refractivity contribution is -0.122. The molecule has 176 valence electrons. The van der Waals surface area contributed by atoms with Gasteiger partial charge in [0.2, 0.25) is 5.91 Å². The predicted molar refractivity (Wildman–Crippen MR) is 134 cm³/mol. The van der Waals surface area contributed by atoms with Crippen LogP contribution in [0.3, 0.4) is 0 Å². The number of carbonyl (C=O) groups is 2. The summed E-state index contributed by atoms with van der Waals surface area (Å²) in [4.78, 5) is 34.2.